The maximum atomic E-state index is 2.31. The van der Waals surface area contributed by atoms with Gasteiger partial charge in [-0.1, -0.05) is 12.8 Å². The Bertz CT molecular complexity index is 227. The third kappa shape index (κ3) is 1.29. The summed E-state index contributed by atoms with van der Waals surface area (Å²) in [6.07, 6.45) is 9.31. The summed E-state index contributed by atoms with van der Waals surface area (Å²) >= 11 is 4.62. The van der Waals surface area contributed by atoms with Crippen molar-refractivity contribution in [1.29, 1.82) is 0 Å². The summed E-state index contributed by atoms with van der Waals surface area (Å²) in [7, 11) is 0. The molecule has 0 N–H and O–H groups in total. The second-order valence-electron chi connectivity index (χ2n) is 5.47. The quantitative estimate of drug-likeness (QED) is 0.627. The first-order valence-electron chi connectivity index (χ1n) is 6.24. The van der Waals surface area contributed by atoms with Gasteiger partial charge < -0.3 is 0 Å². The topological polar surface area (TPSA) is 0 Å². The summed E-state index contributed by atoms with van der Waals surface area (Å²) in [5, 5.41) is 4.46. The van der Waals surface area contributed by atoms with Crippen molar-refractivity contribution in [2.24, 2.45) is 11.8 Å². The Morgan fingerprint density at radius 3 is 1.64 bits per heavy atom. The number of thioether (sulfide) groups is 2. The van der Waals surface area contributed by atoms with Crippen molar-refractivity contribution in [3.05, 3.63) is 0 Å². The fourth-order valence-electron chi connectivity index (χ4n) is 3.88. The van der Waals surface area contributed by atoms with Gasteiger partial charge in [0.15, 0.2) is 0 Å². The third-order valence-electron chi connectivity index (χ3n) is 4.69. The highest BCUT2D eigenvalue weighted by molar-refractivity contribution is 8.08. The van der Waals surface area contributed by atoms with Gasteiger partial charge in [0.25, 0.3) is 0 Å². The van der Waals surface area contributed by atoms with E-state index in [2.05, 4.69) is 23.5 Å². The number of fused-ring (bicyclic) bond motifs is 2. The lowest BCUT2D eigenvalue weighted by Gasteiger charge is -2.31. The summed E-state index contributed by atoms with van der Waals surface area (Å²) < 4.78 is 0. The van der Waals surface area contributed by atoms with E-state index >= 15 is 0 Å². The van der Waals surface area contributed by atoms with E-state index in [1.807, 2.05) is 0 Å². The summed E-state index contributed by atoms with van der Waals surface area (Å²) in [6.45, 7) is 0. The average Bonchev–Trinajstić information content (AvgIpc) is 3.09. The molecule has 2 heterocycles. The largest absolute Gasteiger partial charge is 0.153 e. The van der Waals surface area contributed by atoms with Crippen LogP contribution < -0.4 is 0 Å². The summed E-state index contributed by atoms with van der Waals surface area (Å²) in [4.78, 5) is 0. The Labute approximate surface area is 95.0 Å². The van der Waals surface area contributed by atoms with Crippen LogP contribution in [0.15, 0.2) is 0 Å². The molecule has 0 radical (unpaired) electrons. The van der Waals surface area contributed by atoms with E-state index in [4.69, 9.17) is 0 Å². The lowest BCUT2D eigenvalue weighted by Crippen LogP contribution is -2.30. The van der Waals surface area contributed by atoms with Crippen molar-refractivity contribution < 1.29 is 0 Å². The molecule has 0 nitrogen and oxygen atoms in total. The van der Waals surface area contributed by atoms with E-state index < -0.39 is 0 Å². The van der Waals surface area contributed by atoms with Crippen molar-refractivity contribution in [3.8, 4) is 0 Å². The lowest BCUT2D eigenvalue weighted by atomic mass is 9.73. The van der Waals surface area contributed by atoms with E-state index in [1.54, 1.807) is 25.7 Å². The average molecular weight is 226 g/mol. The van der Waals surface area contributed by atoms with Crippen LogP contribution in [0.3, 0.4) is 0 Å². The van der Waals surface area contributed by atoms with Crippen LogP contribution in [0.25, 0.3) is 0 Å². The fourth-order valence-corrected chi connectivity index (χ4v) is 6.87. The van der Waals surface area contributed by atoms with Gasteiger partial charge in [-0.15, -0.1) is 0 Å². The van der Waals surface area contributed by atoms with Gasteiger partial charge in [-0.25, -0.2) is 0 Å². The van der Waals surface area contributed by atoms with Gasteiger partial charge in [-0.05, 0) is 37.5 Å². The first kappa shape index (κ1) is 8.81. The summed E-state index contributed by atoms with van der Waals surface area (Å²) in [5.41, 5.74) is 0. The second-order valence-corrected chi connectivity index (χ2v) is 8.31. The van der Waals surface area contributed by atoms with Crippen molar-refractivity contribution >= 4 is 23.5 Å². The zero-order valence-corrected chi connectivity index (χ0v) is 10.2. The standard InChI is InChI=1S/C12H18S2/c1-3-7(11-9(5-1)13-11)8-4-2-6-10-12(8)14-10/h7-12H,1-6H2. The van der Waals surface area contributed by atoms with Crippen molar-refractivity contribution in [1.82, 2.24) is 0 Å². The molecule has 0 aromatic rings. The van der Waals surface area contributed by atoms with Crippen LogP contribution in [-0.2, 0) is 0 Å². The predicted octanol–water partition coefficient (Wildman–Crippen LogP) is 3.55. The highest BCUT2D eigenvalue weighted by atomic mass is 32.2. The molecule has 0 aromatic carbocycles. The van der Waals surface area contributed by atoms with E-state index in [0.29, 0.717) is 0 Å². The van der Waals surface area contributed by atoms with Crippen LogP contribution in [0.2, 0.25) is 0 Å². The van der Waals surface area contributed by atoms with E-state index in [-0.39, 0.29) is 0 Å². The molecule has 4 rings (SSSR count). The molecule has 14 heavy (non-hydrogen) atoms. The van der Waals surface area contributed by atoms with Gasteiger partial charge in [0.2, 0.25) is 0 Å². The first-order valence-corrected chi connectivity index (χ1v) is 8.13. The van der Waals surface area contributed by atoms with Crippen LogP contribution >= 0.6 is 23.5 Å². The highest BCUT2D eigenvalue weighted by Crippen LogP contribution is 2.63. The SMILES string of the molecule is C1CC2SC2C(C2CCCC3SC32)C1. The second kappa shape index (κ2) is 3.10. The molecule has 78 valence electrons. The Balaban J connectivity index is 1.51. The Morgan fingerprint density at radius 1 is 0.643 bits per heavy atom. The molecule has 6 atom stereocenters. The molecule has 2 saturated heterocycles. The zero-order chi connectivity index (χ0) is 9.12. The third-order valence-corrected chi connectivity index (χ3v) is 7.80. The lowest BCUT2D eigenvalue weighted by molar-refractivity contribution is 0.245. The van der Waals surface area contributed by atoms with Crippen LogP contribution in [0.4, 0.5) is 0 Å². The van der Waals surface area contributed by atoms with Crippen molar-refractivity contribution in [2.75, 3.05) is 0 Å². The zero-order valence-electron chi connectivity index (χ0n) is 8.52. The van der Waals surface area contributed by atoms with Gasteiger partial charge in [-0.3, -0.25) is 0 Å². The van der Waals surface area contributed by atoms with Crippen molar-refractivity contribution in [2.45, 2.75) is 59.5 Å². The Hall–Kier alpha value is 0.700. The van der Waals surface area contributed by atoms with Gasteiger partial charge in [-0.2, -0.15) is 23.5 Å². The predicted molar refractivity (Wildman–Crippen MR) is 65.0 cm³/mol. The molecule has 0 amide bonds. The van der Waals surface area contributed by atoms with E-state index in [9.17, 15) is 0 Å². The van der Waals surface area contributed by atoms with Crippen LogP contribution in [0, 0.1) is 11.8 Å². The fraction of sp³-hybridized carbons (Fsp3) is 1.00. The van der Waals surface area contributed by atoms with Crippen LogP contribution in [0.5, 0.6) is 0 Å². The maximum Gasteiger partial charge on any atom is 0.0201 e. The smallest absolute Gasteiger partial charge is 0.0201 e. The normalized spacial score (nSPS) is 60.0. The Morgan fingerprint density at radius 2 is 1.14 bits per heavy atom. The molecule has 6 unspecified atom stereocenters. The minimum Gasteiger partial charge on any atom is -0.153 e. The number of hydrogen-bond donors (Lipinski definition) is 0. The molecule has 2 saturated carbocycles. The molecular formula is C12H18S2. The molecule has 2 aliphatic carbocycles. The first-order chi connectivity index (χ1) is 6.93. The van der Waals surface area contributed by atoms with Crippen molar-refractivity contribution in [3.63, 3.8) is 0 Å². The monoisotopic (exact) mass is 226 g/mol. The Kier molecular flexibility index (Phi) is 1.95. The molecular weight excluding hydrogens is 208 g/mol. The number of rotatable bonds is 1. The molecule has 4 aliphatic rings. The van der Waals surface area contributed by atoms with E-state index in [0.717, 1.165) is 32.8 Å². The molecule has 4 fully saturated rings. The minimum atomic E-state index is 1.11. The molecule has 2 aliphatic heterocycles. The number of hydrogen-bond acceptors (Lipinski definition) is 2. The molecule has 2 heteroatoms. The molecule has 0 bridgehead atoms. The van der Waals surface area contributed by atoms with E-state index in [1.165, 1.54) is 12.8 Å². The van der Waals surface area contributed by atoms with Gasteiger partial charge >= 0.3 is 0 Å². The molecule has 0 aromatic heterocycles. The highest BCUT2D eigenvalue weighted by Gasteiger charge is 2.55. The summed E-state index contributed by atoms with van der Waals surface area (Å²) in [5.74, 6) is 2.28. The van der Waals surface area contributed by atoms with Crippen LogP contribution in [-0.4, -0.2) is 21.0 Å². The van der Waals surface area contributed by atoms with Crippen LogP contribution in [0.1, 0.15) is 38.5 Å². The molecule has 0 spiro atoms. The maximum absolute atomic E-state index is 2.31. The van der Waals surface area contributed by atoms with Gasteiger partial charge in [0, 0.05) is 21.0 Å². The van der Waals surface area contributed by atoms with Gasteiger partial charge in [0.05, 0.1) is 0 Å². The summed E-state index contributed by atoms with van der Waals surface area (Å²) in [6, 6.07) is 0. The van der Waals surface area contributed by atoms with Gasteiger partial charge in [0.1, 0.15) is 0 Å². The minimum absolute atomic E-state index is 1.11.